The number of hydrogen-bond donors (Lipinski definition) is 1. The molecule has 1 atom stereocenters. The highest BCUT2D eigenvalue weighted by molar-refractivity contribution is 5.87. The molecule has 0 radical (unpaired) electrons. The molecular formula is C9H17NO2. The van der Waals surface area contributed by atoms with Crippen LogP contribution in [0.1, 0.15) is 27.7 Å². The van der Waals surface area contributed by atoms with Gasteiger partial charge in [-0.1, -0.05) is 20.4 Å². The molecule has 0 rings (SSSR count). The van der Waals surface area contributed by atoms with E-state index in [1.807, 2.05) is 13.8 Å². The van der Waals surface area contributed by atoms with Crippen LogP contribution in [0.2, 0.25) is 0 Å². The van der Waals surface area contributed by atoms with Crippen LogP contribution in [0.3, 0.4) is 0 Å². The number of rotatable bonds is 3. The summed E-state index contributed by atoms with van der Waals surface area (Å²) in [5.74, 6) is -0.352. The summed E-state index contributed by atoms with van der Waals surface area (Å²) in [5, 5.41) is 0. The van der Waals surface area contributed by atoms with E-state index in [0.29, 0.717) is 5.57 Å². The Morgan fingerprint density at radius 1 is 1.58 bits per heavy atom. The molecule has 0 bridgehead atoms. The first-order valence-corrected chi connectivity index (χ1v) is 3.95. The lowest BCUT2D eigenvalue weighted by Crippen LogP contribution is -2.46. The molecular weight excluding hydrogens is 154 g/mol. The van der Waals surface area contributed by atoms with Gasteiger partial charge >= 0.3 is 5.97 Å². The van der Waals surface area contributed by atoms with Gasteiger partial charge in [0.15, 0.2) is 5.72 Å². The van der Waals surface area contributed by atoms with E-state index in [1.165, 1.54) is 0 Å². The molecule has 0 fully saturated rings. The van der Waals surface area contributed by atoms with Gasteiger partial charge in [-0.05, 0) is 13.8 Å². The number of ether oxygens (including phenoxy) is 1. The van der Waals surface area contributed by atoms with Crippen molar-refractivity contribution in [3.63, 3.8) is 0 Å². The SMILES string of the molecule is C=C(C)C(=O)OC(C)(N)C(C)C. The molecule has 0 aromatic heterocycles. The summed E-state index contributed by atoms with van der Waals surface area (Å²) in [7, 11) is 0. The molecule has 70 valence electrons. The molecule has 0 amide bonds. The quantitative estimate of drug-likeness (QED) is 0.397. The lowest BCUT2D eigenvalue weighted by Gasteiger charge is -2.28. The Balaban J connectivity index is 4.25. The monoisotopic (exact) mass is 171 g/mol. The topological polar surface area (TPSA) is 52.3 Å². The maximum Gasteiger partial charge on any atom is 0.334 e. The molecule has 0 aromatic carbocycles. The fourth-order valence-electron chi connectivity index (χ4n) is 0.405. The zero-order valence-electron chi connectivity index (χ0n) is 8.18. The lowest BCUT2D eigenvalue weighted by atomic mass is 10.0. The third-order valence-electron chi connectivity index (χ3n) is 1.81. The molecule has 0 aromatic rings. The molecule has 0 aliphatic rings. The van der Waals surface area contributed by atoms with Crippen molar-refractivity contribution >= 4 is 5.97 Å². The van der Waals surface area contributed by atoms with E-state index < -0.39 is 11.7 Å². The molecule has 0 aliphatic heterocycles. The van der Waals surface area contributed by atoms with Crippen molar-refractivity contribution in [2.45, 2.75) is 33.4 Å². The van der Waals surface area contributed by atoms with E-state index in [1.54, 1.807) is 13.8 Å². The van der Waals surface area contributed by atoms with Gasteiger partial charge < -0.3 is 4.74 Å². The molecule has 0 saturated heterocycles. The summed E-state index contributed by atoms with van der Waals surface area (Å²) in [6, 6.07) is 0. The second-order valence-corrected chi connectivity index (χ2v) is 3.51. The molecule has 0 heterocycles. The molecule has 0 spiro atoms. The van der Waals surface area contributed by atoms with Crippen molar-refractivity contribution in [1.82, 2.24) is 0 Å². The summed E-state index contributed by atoms with van der Waals surface area (Å²) >= 11 is 0. The van der Waals surface area contributed by atoms with Crippen LogP contribution < -0.4 is 5.73 Å². The van der Waals surface area contributed by atoms with Crippen LogP contribution in [0.15, 0.2) is 12.2 Å². The van der Waals surface area contributed by atoms with Gasteiger partial charge in [-0.25, -0.2) is 4.79 Å². The second kappa shape index (κ2) is 3.72. The highest BCUT2D eigenvalue weighted by atomic mass is 16.6. The van der Waals surface area contributed by atoms with Crippen LogP contribution in [0.25, 0.3) is 0 Å². The number of carbonyl (C=O) groups is 1. The van der Waals surface area contributed by atoms with Crippen LogP contribution in [0.4, 0.5) is 0 Å². The van der Waals surface area contributed by atoms with Crippen LogP contribution in [-0.2, 0) is 9.53 Å². The van der Waals surface area contributed by atoms with Gasteiger partial charge in [0, 0.05) is 11.5 Å². The van der Waals surface area contributed by atoms with E-state index in [0.717, 1.165) is 0 Å². The predicted molar refractivity (Wildman–Crippen MR) is 48.3 cm³/mol. The van der Waals surface area contributed by atoms with Crippen LogP contribution in [-0.4, -0.2) is 11.7 Å². The number of carbonyl (C=O) groups excluding carboxylic acids is 1. The van der Waals surface area contributed by atoms with Crippen LogP contribution in [0.5, 0.6) is 0 Å². The first-order valence-electron chi connectivity index (χ1n) is 3.95. The number of nitrogens with two attached hydrogens (primary N) is 1. The van der Waals surface area contributed by atoms with Gasteiger partial charge in [0.25, 0.3) is 0 Å². The maximum absolute atomic E-state index is 11.1. The van der Waals surface area contributed by atoms with Crippen molar-refractivity contribution < 1.29 is 9.53 Å². The summed E-state index contributed by atoms with van der Waals surface area (Å²) in [6.45, 7) is 10.5. The number of hydrogen-bond acceptors (Lipinski definition) is 3. The second-order valence-electron chi connectivity index (χ2n) is 3.51. The lowest BCUT2D eigenvalue weighted by molar-refractivity contribution is -0.156. The van der Waals surface area contributed by atoms with Gasteiger partial charge in [0.05, 0.1) is 0 Å². The Labute approximate surface area is 73.6 Å². The molecule has 3 heteroatoms. The fourth-order valence-corrected chi connectivity index (χ4v) is 0.405. The zero-order chi connectivity index (χ0) is 9.94. The van der Waals surface area contributed by atoms with Gasteiger partial charge in [-0.15, -0.1) is 0 Å². The maximum atomic E-state index is 11.1. The van der Waals surface area contributed by atoms with Gasteiger partial charge in [0.1, 0.15) is 0 Å². The largest absolute Gasteiger partial charge is 0.441 e. The molecule has 3 nitrogen and oxygen atoms in total. The van der Waals surface area contributed by atoms with E-state index in [4.69, 9.17) is 10.5 Å². The summed E-state index contributed by atoms with van der Waals surface area (Å²) < 4.78 is 5.00. The van der Waals surface area contributed by atoms with Crippen molar-refractivity contribution in [3.05, 3.63) is 12.2 Å². The summed E-state index contributed by atoms with van der Waals surface area (Å²) in [4.78, 5) is 11.1. The standard InChI is InChI=1S/C9H17NO2/c1-6(2)8(11)12-9(5,10)7(3)4/h7H,1,10H2,2-5H3. The molecule has 1 unspecified atom stereocenters. The minimum atomic E-state index is -0.907. The normalized spacial score (nSPS) is 15.5. The zero-order valence-corrected chi connectivity index (χ0v) is 8.18. The third kappa shape index (κ3) is 3.05. The molecule has 12 heavy (non-hydrogen) atoms. The fraction of sp³-hybridized carbons (Fsp3) is 0.667. The average Bonchev–Trinajstić information content (AvgIpc) is 1.85. The average molecular weight is 171 g/mol. The van der Waals surface area contributed by atoms with E-state index in [-0.39, 0.29) is 5.92 Å². The minimum Gasteiger partial charge on any atom is -0.441 e. The van der Waals surface area contributed by atoms with E-state index in [9.17, 15) is 4.79 Å². The highest BCUT2D eigenvalue weighted by Crippen LogP contribution is 2.15. The molecule has 2 N–H and O–H groups in total. The third-order valence-corrected chi connectivity index (χ3v) is 1.81. The molecule has 0 aliphatic carbocycles. The van der Waals surface area contributed by atoms with E-state index in [2.05, 4.69) is 6.58 Å². The first kappa shape index (κ1) is 11.2. The number of esters is 1. The highest BCUT2D eigenvalue weighted by Gasteiger charge is 2.27. The van der Waals surface area contributed by atoms with Gasteiger partial charge in [0.2, 0.25) is 0 Å². The van der Waals surface area contributed by atoms with E-state index >= 15 is 0 Å². The van der Waals surface area contributed by atoms with Crippen molar-refractivity contribution in [2.24, 2.45) is 11.7 Å². The van der Waals surface area contributed by atoms with Crippen LogP contribution >= 0.6 is 0 Å². The molecule has 0 saturated carbocycles. The van der Waals surface area contributed by atoms with Crippen molar-refractivity contribution in [3.8, 4) is 0 Å². The van der Waals surface area contributed by atoms with Gasteiger partial charge in [-0.2, -0.15) is 0 Å². The van der Waals surface area contributed by atoms with Crippen molar-refractivity contribution in [1.29, 1.82) is 0 Å². The Morgan fingerprint density at radius 2 is 2.00 bits per heavy atom. The Hall–Kier alpha value is -0.830. The summed E-state index contributed by atoms with van der Waals surface area (Å²) in [5.41, 5.74) is 5.18. The Morgan fingerprint density at radius 3 is 2.25 bits per heavy atom. The van der Waals surface area contributed by atoms with Crippen molar-refractivity contribution in [2.75, 3.05) is 0 Å². The Bertz CT molecular complexity index is 195. The summed E-state index contributed by atoms with van der Waals surface area (Å²) in [6.07, 6.45) is 0. The smallest absolute Gasteiger partial charge is 0.334 e. The first-order chi connectivity index (χ1) is 5.27. The minimum absolute atomic E-state index is 0.0841. The van der Waals surface area contributed by atoms with Crippen LogP contribution in [0, 0.1) is 5.92 Å². The predicted octanol–water partition coefficient (Wildman–Crippen LogP) is 1.44. The van der Waals surface area contributed by atoms with Gasteiger partial charge in [-0.3, -0.25) is 5.73 Å². The Kier molecular flexibility index (Phi) is 3.46.